The molecule has 10 heteroatoms. The molecule has 1 fully saturated rings. The summed E-state index contributed by atoms with van der Waals surface area (Å²) in [6.07, 6.45) is 8.83. The van der Waals surface area contributed by atoms with E-state index in [4.69, 9.17) is 0 Å². The largest absolute Gasteiger partial charge is 0.297 e. The highest BCUT2D eigenvalue weighted by atomic mass is 32.1. The van der Waals surface area contributed by atoms with Gasteiger partial charge in [0.05, 0.1) is 11.4 Å². The second-order valence-electron chi connectivity index (χ2n) is 7.46. The van der Waals surface area contributed by atoms with Gasteiger partial charge >= 0.3 is 0 Å². The van der Waals surface area contributed by atoms with E-state index in [1.165, 1.54) is 78.0 Å². The number of nitrogens with one attached hydrogen (secondary N) is 1. The van der Waals surface area contributed by atoms with E-state index in [9.17, 15) is 14.0 Å². The van der Waals surface area contributed by atoms with Crippen LogP contribution in [0.3, 0.4) is 0 Å². The summed E-state index contributed by atoms with van der Waals surface area (Å²) < 4.78 is 14.2. The van der Waals surface area contributed by atoms with Crippen molar-refractivity contribution in [1.82, 2.24) is 15.2 Å². The Balaban J connectivity index is 1.41. The number of rotatable bonds is 6. The van der Waals surface area contributed by atoms with Crippen molar-refractivity contribution in [2.45, 2.75) is 44.9 Å². The van der Waals surface area contributed by atoms with Crippen molar-refractivity contribution >= 4 is 56.5 Å². The van der Waals surface area contributed by atoms with E-state index >= 15 is 0 Å². The number of carbonyl (C=O) groups is 2. The van der Waals surface area contributed by atoms with Crippen LogP contribution in [0.15, 0.2) is 35.7 Å². The topological polar surface area (TPSA) is 88.1 Å². The molecule has 1 N–H and O–H groups in total. The van der Waals surface area contributed by atoms with Crippen LogP contribution in [0, 0.1) is 5.82 Å². The summed E-state index contributed by atoms with van der Waals surface area (Å²) in [5, 5.41) is 14.5. The molecular weight excluding hydrogens is 449 g/mol. The zero-order chi connectivity index (χ0) is 22.5. The first-order valence-electron chi connectivity index (χ1n) is 10.3. The first-order valence-corrected chi connectivity index (χ1v) is 12.0. The van der Waals surface area contributed by atoms with Crippen LogP contribution in [0.5, 0.6) is 0 Å². The Hall–Kier alpha value is -2.98. The van der Waals surface area contributed by atoms with E-state index in [1.807, 2.05) is 0 Å². The Bertz CT molecular complexity index is 1140. The van der Waals surface area contributed by atoms with Gasteiger partial charge in [0.15, 0.2) is 5.13 Å². The Labute approximate surface area is 193 Å². The van der Waals surface area contributed by atoms with Gasteiger partial charge in [-0.2, -0.15) is 0 Å². The molecule has 2 amide bonds. The highest BCUT2D eigenvalue weighted by Gasteiger charge is 2.21. The molecule has 0 aliphatic heterocycles. The summed E-state index contributed by atoms with van der Waals surface area (Å²) in [6.45, 7) is 1.35. The number of nitrogens with zero attached hydrogens (tertiary/aromatic N) is 4. The van der Waals surface area contributed by atoms with Gasteiger partial charge in [0.25, 0.3) is 0 Å². The first kappa shape index (κ1) is 22.2. The van der Waals surface area contributed by atoms with Crippen LogP contribution < -0.4 is 10.2 Å². The van der Waals surface area contributed by atoms with Gasteiger partial charge in [0, 0.05) is 24.3 Å². The minimum atomic E-state index is -0.515. The summed E-state index contributed by atoms with van der Waals surface area (Å²) >= 11 is 2.61. The zero-order valence-electron chi connectivity index (χ0n) is 17.5. The second kappa shape index (κ2) is 10.1. The number of carbonyl (C=O) groups excluding carboxylic acids is 2. The number of halogens is 1. The molecule has 0 spiro atoms. The van der Waals surface area contributed by atoms with Crippen LogP contribution in [-0.2, 0) is 9.59 Å². The molecule has 3 aromatic rings. The molecule has 0 atom stereocenters. The molecule has 32 heavy (non-hydrogen) atoms. The third kappa shape index (κ3) is 5.25. The van der Waals surface area contributed by atoms with E-state index in [1.54, 1.807) is 17.5 Å². The smallest absolute Gasteiger partial charge is 0.250 e. The molecule has 0 unspecified atom stereocenters. The highest BCUT2D eigenvalue weighted by molar-refractivity contribution is 7.15. The minimum Gasteiger partial charge on any atom is -0.297 e. The van der Waals surface area contributed by atoms with Crippen molar-refractivity contribution in [1.29, 1.82) is 0 Å². The molecule has 1 saturated carbocycles. The van der Waals surface area contributed by atoms with Crippen molar-refractivity contribution in [3.05, 3.63) is 52.2 Å². The van der Waals surface area contributed by atoms with Gasteiger partial charge in [-0.05, 0) is 31.1 Å². The molecule has 166 valence electrons. The molecule has 2 heterocycles. The molecule has 2 aromatic heterocycles. The van der Waals surface area contributed by atoms with E-state index in [-0.39, 0.29) is 17.5 Å². The Morgan fingerprint density at radius 3 is 2.72 bits per heavy atom. The monoisotopic (exact) mass is 471 g/mol. The summed E-state index contributed by atoms with van der Waals surface area (Å²) in [6, 6.07) is 6.02. The number of aromatic nitrogens is 3. The van der Waals surface area contributed by atoms with Crippen LogP contribution in [-0.4, -0.2) is 27.0 Å². The Morgan fingerprint density at radius 1 is 1.19 bits per heavy atom. The van der Waals surface area contributed by atoms with Crippen LogP contribution in [0.4, 0.5) is 20.3 Å². The summed E-state index contributed by atoms with van der Waals surface area (Å²) in [5.74, 6) is -0.778. The molecule has 0 bridgehead atoms. The summed E-state index contributed by atoms with van der Waals surface area (Å²) in [5.41, 5.74) is 0.621. The standard InChI is InChI=1S/C22H22FN5O2S2/c1-14(29)28(18-10-6-5-9-17(18)23)22-24-16(13-31-22)11-12-19(30)25-21-27-26-20(32-21)15-7-3-2-4-8-15/h5-6,9-13,15H,2-4,7-8H2,1H3,(H,25,27,30)/b12-11+. The normalized spacial score (nSPS) is 14.6. The predicted octanol–water partition coefficient (Wildman–Crippen LogP) is 5.52. The Morgan fingerprint density at radius 2 is 1.97 bits per heavy atom. The quantitative estimate of drug-likeness (QED) is 0.479. The van der Waals surface area contributed by atoms with E-state index in [0.29, 0.717) is 21.9 Å². The van der Waals surface area contributed by atoms with Gasteiger partial charge in [-0.3, -0.25) is 19.8 Å². The molecule has 1 aromatic carbocycles. The zero-order valence-corrected chi connectivity index (χ0v) is 19.1. The van der Waals surface area contributed by atoms with Crippen molar-refractivity contribution in [2.75, 3.05) is 10.2 Å². The summed E-state index contributed by atoms with van der Waals surface area (Å²) in [7, 11) is 0. The van der Waals surface area contributed by atoms with E-state index in [2.05, 4.69) is 20.5 Å². The SMILES string of the molecule is CC(=O)N(c1nc(/C=C/C(=O)Nc2nnc(C3CCCCC3)s2)cs1)c1ccccc1F. The average molecular weight is 472 g/mol. The van der Waals surface area contributed by atoms with Crippen LogP contribution in [0.1, 0.15) is 55.6 Å². The number of hydrogen-bond acceptors (Lipinski definition) is 7. The number of para-hydroxylation sites is 1. The molecule has 0 saturated heterocycles. The van der Waals surface area contributed by atoms with Crippen LogP contribution >= 0.6 is 22.7 Å². The highest BCUT2D eigenvalue weighted by Crippen LogP contribution is 2.35. The molecule has 1 aliphatic carbocycles. The van der Waals surface area contributed by atoms with Gasteiger partial charge < -0.3 is 0 Å². The first-order chi connectivity index (χ1) is 15.5. The van der Waals surface area contributed by atoms with Crippen molar-refractivity contribution in [3.63, 3.8) is 0 Å². The number of benzene rings is 1. The maximum Gasteiger partial charge on any atom is 0.250 e. The Kier molecular flexibility index (Phi) is 7.01. The van der Waals surface area contributed by atoms with Gasteiger partial charge in [-0.25, -0.2) is 9.37 Å². The van der Waals surface area contributed by atoms with Gasteiger partial charge in [0.1, 0.15) is 10.8 Å². The molecule has 7 nitrogen and oxygen atoms in total. The van der Waals surface area contributed by atoms with Crippen molar-refractivity contribution in [2.24, 2.45) is 0 Å². The number of hydrogen-bond donors (Lipinski definition) is 1. The lowest BCUT2D eigenvalue weighted by Crippen LogP contribution is -2.23. The fraction of sp³-hybridized carbons (Fsp3) is 0.318. The van der Waals surface area contributed by atoms with Crippen LogP contribution in [0.25, 0.3) is 6.08 Å². The lowest BCUT2D eigenvalue weighted by molar-refractivity contribution is -0.116. The maximum atomic E-state index is 14.2. The summed E-state index contributed by atoms with van der Waals surface area (Å²) in [4.78, 5) is 30.0. The maximum absolute atomic E-state index is 14.2. The fourth-order valence-electron chi connectivity index (χ4n) is 3.60. The molecule has 0 radical (unpaired) electrons. The van der Waals surface area contributed by atoms with Crippen molar-refractivity contribution < 1.29 is 14.0 Å². The third-order valence-corrected chi connectivity index (χ3v) is 6.99. The minimum absolute atomic E-state index is 0.132. The van der Waals surface area contributed by atoms with E-state index in [0.717, 1.165) is 17.8 Å². The lowest BCUT2D eigenvalue weighted by Gasteiger charge is -2.18. The third-order valence-electron chi connectivity index (χ3n) is 5.14. The average Bonchev–Trinajstić information content (AvgIpc) is 3.44. The molecular formula is C22H22FN5O2S2. The van der Waals surface area contributed by atoms with Gasteiger partial charge in [0.2, 0.25) is 16.9 Å². The van der Waals surface area contributed by atoms with Crippen LogP contribution in [0.2, 0.25) is 0 Å². The fourth-order valence-corrected chi connectivity index (χ4v) is 5.37. The molecule has 4 rings (SSSR count). The number of anilines is 3. The number of amides is 2. The van der Waals surface area contributed by atoms with Crippen molar-refractivity contribution in [3.8, 4) is 0 Å². The van der Waals surface area contributed by atoms with Gasteiger partial charge in [-0.15, -0.1) is 21.5 Å². The lowest BCUT2D eigenvalue weighted by atomic mass is 9.90. The second-order valence-corrected chi connectivity index (χ2v) is 9.31. The van der Waals surface area contributed by atoms with E-state index < -0.39 is 5.82 Å². The predicted molar refractivity (Wildman–Crippen MR) is 125 cm³/mol. The number of thiazole rings is 1. The molecule has 1 aliphatic rings. The van der Waals surface area contributed by atoms with Gasteiger partial charge in [-0.1, -0.05) is 42.7 Å².